The molecular weight excluding hydrogens is 324 g/mol. The van der Waals surface area contributed by atoms with Gasteiger partial charge in [-0.05, 0) is 31.7 Å². The summed E-state index contributed by atoms with van der Waals surface area (Å²) in [6.07, 6.45) is 3.12. The second kappa shape index (κ2) is 7.24. The van der Waals surface area contributed by atoms with E-state index in [1.165, 1.54) is 12.1 Å². The lowest BCUT2D eigenvalue weighted by molar-refractivity contribution is -0.385. The fraction of sp³-hybridized carbons (Fsp3) is 0.571. The molecule has 0 radical (unpaired) electrons. The van der Waals surface area contributed by atoms with Crippen LogP contribution in [0.4, 0.5) is 11.4 Å². The maximum Gasteiger partial charge on any atom is 0.270 e. The third kappa shape index (κ3) is 4.40. The Bertz CT molecular complexity index is 668. The molecule has 0 aliphatic heterocycles. The second-order valence-electron chi connectivity index (χ2n) is 5.51. The lowest BCUT2D eigenvalue weighted by Gasteiger charge is -2.27. The van der Waals surface area contributed by atoms with Crippen molar-refractivity contribution >= 4 is 21.2 Å². The van der Waals surface area contributed by atoms with E-state index in [9.17, 15) is 18.5 Å². The van der Waals surface area contributed by atoms with E-state index in [-0.39, 0.29) is 28.5 Å². The minimum absolute atomic E-state index is 0.0257. The first kappa shape index (κ1) is 17.6. The Morgan fingerprint density at radius 2 is 1.87 bits per heavy atom. The molecule has 8 nitrogen and oxygen atoms in total. The number of ether oxygens (including phenoxy) is 2. The first-order valence-corrected chi connectivity index (χ1v) is 8.90. The van der Waals surface area contributed by atoms with E-state index in [0.717, 1.165) is 31.7 Å². The van der Waals surface area contributed by atoms with Gasteiger partial charge in [-0.25, -0.2) is 8.42 Å². The average molecular weight is 344 g/mol. The molecule has 2 rings (SSSR count). The van der Waals surface area contributed by atoms with Gasteiger partial charge < -0.3 is 15.2 Å². The highest BCUT2D eigenvalue weighted by atomic mass is 32.2. The third-order valence-corrected chi connectivity index (χ3v) is 5.43. The van der Waals surface area contributed by atoms with Crippen molar-refractivity contribution in [3.05, 3.63) is 28.3 Å². The summed E-state index contributed by atoms with van der Waals surface area (Å²) >= 11 is 0. The van der Waals surface area contributed by atoms with Crippen molar-refractivity contribution in [2.45, 2.75) is 42.8 Å². The average Bonchev–Trinajstić information content (AvgIpc) is 2.53. The zero-order valence-corrected chi connectivity index (χ0v) is 13.6. The van der Waals surface area contributed by atoms with Gasteiger partial charge in [0.15, 0.2) is 5.94 Å². The minimum atomic E-state index is -3.85. The number of nitrogens with two attached hydrogens (primary N) is 1. The number of hydrogen-bond donors (Lipinski definition) is 1. The summed E-state index contributed by atoms with van der Waals surface area (Å²) in [6, 6.07) is 3.35. The highest BCUT2D eigenvalue weighted by Crippen LogP contribution is 2.27. The molecule has 1 aliphatic carbocycles. The van der Waals surface area contributed by atoms with Crippen LogP contribution in [-0.2, 0) is 19.3 Å². The number of nitrogens with zero attached hydrogens (tertiary/aromatic N) is 1. The molecule has 1 aliphatic rings. The van der Waals surface area contributed by atoms with Crippen molar-refractivity contribution in [1.82, 2.24) is 0 Å². The zero-order valence-electron chi connectivity index (χ0n) is 12.8. The van der Waals surface area contributed by atoms with Crippen molar-refractivity contribution in [1.29, 1.82) is 0 Å². The molecule has 2 N–H and O–H groups in total. The summed E-state index contributed by atoms with van der Waals surface area (Å²) in [5.74, 6) is -0.541. The normalized spacial score (nSPS) is 22.0. The predicted octanol–water partition coefficient (Wildman–Crippen LogP) is 1.88. The third-order valence-electron chi connectivity index (χ3n) is 3.96. The van der Waals surface area contributed by atoms with E-state index >= 15 is 0 Å². The van der Waals surface area contributed by atoms with E-state index in [1.54, 1.807) is 7.11 Å². The SMILES string of the molecule is COC1CCC(OCS(=O)(=O)c2cc([N+](=O)[O-])ccc2N)CC1. The molecule has 0 amide bonds. The Morgan fingerprint density at radius 3 is 2.43 bits per heavy atom. The van der Waals surface area contributed by atoms with Gasteiger partial charge in [0, 0.05) is 19.2 Å². The van der Waals surface area contributed by atoms with E-state index < -0.39 is 20.7 Å². The molecule has 0 bridgehead atoms. The summed E-state index contributed by atoms with van der Waals surface area (Å²) in [7, 11) is -2.19. The molecule has 128 valence electrons. The number of non-ortho nitro benzene ring substituents is 1. The number of nitro benzene ring substituents is 1. The van der Waals surface area contributed by atoms with Gasteiger partial charge in [0.1, 0.15) is 0 Å². The van der Waals surface area contributed by atoms with Crippen LogP contribution in [0.3, 0.4) is 0 Å². The molecule has 1 fully saturated rings. The summed E-state index contributed by atoms with van der Waals surface area (Å²) in [5.41, 5.74) is 5.30. The Hall–Kier alpha value is -1.71. The number of sulfone groups is 1. The van der Waals surface area contributed by atoms with E-state index in [2.05, 4.69) is 0 Å². The molecule has 0 saturated heterocycles. The number of rotatable bonds is 6. The van der Waals surface area contributed by atoms with Gasteiger partial charge in [-0.1, -0.05) is 0 Å². The van der Waals surface area contributed by atoms with Crippen LogP contribution in [-0.4, -0.2) is 38.6 Å². The van der Waals surface area contributed by atoms with Crippen LogP contribution in [0.15, 0.2) is 23.1 Å². The Labute approximate surface area is 134 Å². The van der Waals surface area contributed by atoms with Crippen LogP contribution in [0.5, 0.6) is 0 Å². The van der Waals surface area contributed by atoms with E-state index in [1.807, 2.05) is 0 Å². The standard InChI is InChI=1S/C14H20N2O6S/c1-21-11-3-5-12(6-4-11)22-9-23(19,20)14-8-10(16(17)18)2-7-13(14)15/h2,7-8,11-12H,3-6,9,15H2,1H3. The first-order valence-electron chi connectivity index (χ1n) is 7.24. The summed E-state index contributed by atoms with van der Waals surface area (Å²) in [4.78, 5) is 9.85. The van der Waals surface area contributed by atoms with E-state index in [0.29, 0.717) is 0 Å². The monoisotopic (exact) mass is 344 g/mol. The van der Waals surface area contributed by atoms with Gasteiger partial charge >= 0.3 is 0 Å². The van der Waals surface area contributed by atoms with Gasteiger partial charge in [0.2, 0.25) is 9.84 Å². The molecule has 0 spiro atoms. The van der Waals surface area contributed by atoms with E-state index in [4.69, 9.17) is 15.2 Å². The van der Waals surface area contributed by atoms with Gasteiger partial charge in [0.05, 0.1) is 27.7 Å². The van der Waals surface area contributed by atoms with Crippen molar-refractivity contribution in [2.24, 2.45) is 0 Å². The molecule has 0 unspecified atom stereocenters. The number of methoxy groups -OCH3 is 1. The molecule has 23 heavy (non-hydrogen) atoms. The number of nitro groups is 1. The van der Waals surface area contributed by atoms with Gasteiger partial charge in [-0.15, -0.1) is 0 Å². The lowest BCUT2D eigenvalue weighted by Crippen LogP contribution is -2.27. The number of nitrogen functional groups attached to an aromatic ring is 1. The van der Waals surface area contributed by atoms with Crippen molar-refractivity contribution in [3.63, 3.8) is 0 Å². The molecule has 1 aromatic rings. The zero-order chi connectivity index (χ0) is 17.0. The number of anilines is 1. The molecule has 9 heteroatoms. The fourth-order valence-corrected chi connectivity index (χ4v) is 3.82. The number of benzene rings is 1. The summed E-state index contributed by atoms with van der Waals surface area (Å²) in [5, 5.41) is 10.8. The van der Waals surface area contributed by atoms with Crippen LogP contribution in [0.2, 0.25) is 0 Å². The largest absolute Gasteiger partial charge is 0.398 e. The predicted molar refractivity (Wildman–Crippen MR) is 83.7 cm³/mol. The highest BCUT2D eigenvalue weighted by Gasteiger charge is 2.26. The molecule has 1 saturated carbocycles. The van der Waals surface area contributed by atoms with Crippen LogP contribution >= 0.6 is 0 Å². The Morgan fingerprint density at radius 1 is 1.26 bits per heavy atom. The molecule has 0 heterocycles. The van der Waals surface area contributed by atoms with Crippen molar-refractivity contribution in [3.8, 4) is 0 Å². The fourth-order valence-electron chi connectivity index (χ4n) is 2.59. The van der Waals surface area contributed by atoms with Gasteiger partial charge in [-0.2, -0.15) is 0 Å². The Kier molecular flexibility index (Phi) is 5.55. The quantitative estimate of drug-likeness (QED) is 0.475. The maximum atomic E-state index is 12.3. The molecule has 0 atom stereocenters. The molecular formula is C14H20N2O6S. The van der Waals surface area contributed by atoms with Crippen LogP contribution in [0.1, 0.15) is 25.7 Å². The minimum Gasteiger partial charge on any atom is -0.398 e. The van der Waals surface area contributed by atoms with Crippen LogP contribution in [0, 0.1) is 10.1 Å². The smallest absolute Gasteiger partial charge is 0.270 e. The summed E-state index contributed by atoms with van der Waals surface area (Å²) in [6.45, 7) is 0. The highest BCUT2D eigenvalue weighted by molar-refractivity contribution is 7.91. The first-order chi connectivity index (χ1) is 10.8. The second-order valence-corrected chi connectivity index (χ2v) is 7.42. The van der Waals surface area contributed by atoms with Crippen LogP contribution in [0.25, 0.3) is 0 Å². The van der Waals surface area contributed by atoms with Gasteiger partial charge in [-0.3, -0.25) is 10.1 Å². The topological polar surface area (TPSA) is 122 Å². The van der Waals surface area contributed by atoms with Gasteiger partial charge in [0.25, 0.3) is 5.69 Å². The number of hydrogen-bond acceptors (Lipinski definition) is 7. The summed E-state index contributed by atoms with van der Waals surface area (Å²) < 4.78 is 35.4. The lowest BCUT2D eigenvalue weighted by atomic mass is 9.95. The van der Waals surface area contributed by atoms with Crippen molar-refractivity contribution in [2.75, 3.05) is 18.8 Å². The maximum absolute atomic E-state index is 12.3. The molecule has 0 aromatic heterocycles. The Balaban J connectivity index is 2.05. The molecule has 1 aromatic carbocycles. The van der Waals surface area contributed by atoms with Crippen LogP contribution < -0.4 is 5.73 Å². The van der Waals surface area contributed by atoms with Crippen molar-refractivity contribution < 1.29 is 22.8 Å².